The molecule has 0 fully saturated rings. The highest BCUT2D eigenvalue weighted by Crippen LogP contribution is 2.27. The number of thioether (sulfide) groups is 1. The van der Waals surface area contributed by atoms with E-state index in [2.05, 4.69) is 5.32 Å². The van der Waals surface area contributed by atoms with E-state index in [9.17, 15) is 19.3 Å². The number of rotatable bonds is 7. The quantitative estimate of drug-likeness (QED) is 0.520. The van der Waals surface area contributed by atoms with Gasteiger partial charge in [-0.1, -0.05) is 0 Å². The molecule has 0 bridgehead atoms. The number of aliphatic hydroxyl groups is 1. The van der Waals surface area contributed by atoms with Crippen molar-refractivity contribution in [1.82, 2.24) is 0 Å². The Morgan fingerprint density at radius 2 is 2.19 bits per heavy atom. The van der Waals surface area contributed by atoms with Crippen LogP contribution < -0.4 is 5.32 Å². The molecule has 0 aliphatic rings. The van der Waals surface area contributed by atoms with Crippen molar-refractivity contribution in [1.29, 1.82) is 0 Å². The number of halogens is 1. The fourth-order valence-corrected chi connectivity index (χ4v) is 2.40. The Balaban J connectivity index is 3.17. The lowest BCUT2D eigenvalue weighted by Gasteiger charge is -2.22. The van der Waals surface area contributed by atoms with Gasteiger partial charge in [-0.25, -0.2) is 9.18 Å². The molecule has 21 heavy (non-hydrogen) atoms. The van der Waals surface area contributed by atoms with Gasteiger partial charge in [0.1, 0.15) is 5.56 Å². The van der Waals surface area contributed by atoms with E-state index in [1.165, 1.54) is 11.8 Å². The van der Waals surface area contributed by atoms with Gasteiger partial charge in [0.05, 0.1) is 23.3 Å². The number of aliphatic hydroxyl groups excluding tert-OH is 1. The normalized spacial score (nSPS) is 13.5. The second-order valence-electron chi connectivity index (χ2n) is 4.30. The van der Waals surface area contributed by atoms with E-state index in [4.69, 9.17) is 10.2 Å². The summed E-state index contributed by atoms with van der Waals surface area (Å²) in [4.78, 5) is 20.8. The zero-order valence-electron chi connectivity index (χ0n) is 11.4. The largest absolute Gasteiger partial charge is 0.477 e. The number of nitro benzene ring substituents is 1. The summed E-state index contributed by atoms with van der Waals surface area (Å²) in [5.74, 6) is -2.43. The van der Waals surface area contributed by atoms with Crippen LogP contribution in [0.1, 0.15) is 17.3 Å². The van der Waals surface area contributed by atoms with Gasteiger partial charge in [0, 0.05) is 11.3 Å². The zero-order valence-corrected chi connectivity index (χ0v) is 12.2. The Hall–Kier alpha value is -1.87. The fourth-order valence-electron chi connectivity index (χ4n) is 1.77. The first-order valence-electron chi connectivity index (χ1n) is 5.93. The van der Waals surface area contributed by atoms with Gasteiger partial charge in [0.25, 0.3) is 5.69 Å². The molecule has 116 valence electrons. The first-order valence-corrected chi connectivity index (χ1v) is 7.22. The first-order chi connectivity index (χ1) is 9.81. The van der Waals surface area contributed by atoms with Crippen LogP contribution in [0.5, 0.6) is 0 Å². The van der Waals surface area contributed by atoms with Crippen molar-refractivity contribution in [3.05, 3.63) is 33.6 Å². The third-order valence-electron chi connectivity index (χ3n) is 2.94. The van der Waals surface area contributed by atoms with Gasteiger partial charge in [0.15, 0.2) is 5.82 Å². The van der Waals surface area contributed by atoms with Crippen molar-refractivity contribution in [2.24, 2.45) is 0 Å². The molecule has 0 spiro atoms. The van der Waals surface area contributed by atoms with Gasteiger partial charge in [-0.2, -0.15) is 11.8 Å². The van der Waals surface area contributed by atoms with E-state index in [0.717, 1.165) is 6.07 Å². The Labute approximate surface area is 124 Å². The van der Waals surface area contributed by atoms with Crippen LogP contribution in [0.4, 0.5) is 15.8 Å². The number of carboxylic acids is 1. The van der Waals surface area contributed by atoms with Gasteiger partial charge in [0.2, 0.25) is 0 Å². The van der Waals surface area contributed by atoms with E-state index in [1.807, 2.05) is 0 Å². The molecule has 0 amide bonds. The van der Waals surface area contributed by atoms with Crippen LogP contribution in [0.2, 0.25) is 0 Å². The van der Waals surface area contributed by atoms with E-state index in [0.29, 0.717) is 6.07 Å². The molecule has 0 radical (unpaired) electrons. The molecule has 0 aromatic heterocycles. The lowest BCUT2D eigenvalue weighted by molar-refractivity contribution is -0.385. The zero-order chi connectivity index (χ0) is 16.2. The van der Waals surface area contributed by atoms with Gasteiger partial charge in [-0.05, 0) is 19.2 Å². The molecule has 1 aromatic carbocycles. The van der Waals surface area contributed by atoms with Crippen molar-refractivity contribution in [3.63, 3.8) is 0 Å². The molecule has 2 atom stereocenters. The van der Waals surface area contributed by atoms with Gasteiger partial charge in [-0.15, -0.1) is 0 Å². The molecule has 2 unspecified atom stereocenters. The van der Waals surface area contributed by atoms with E-state index >= 15 is 0 Å². The summed E-state index contributed by atoms with van der Waals surface area (Å²) in [5, 5.41) is 31.4. The van der Waals surface area contributed by atoms with E-state index in [1.54, 1.807) is 13.2 Å². The van der Waals surface area contributed by atoms with E-state index in [-0.39, 0.29) is 23.6 Å². The summed E-state index contributed by atoms with van der Waals surface area (Å²) >= 11 is 1.36. The van der Waals surface area contributed by atoms with Crippen LogP contribution in [-0.4, -0.2) is 45.3 Å². The molecule has 9 heteroatoms. The predicted molar refractivity (Wildman–Crippen MR) is 77.5 cm³/mol. The maximum atomic E-state index is 13.9. The molecule has 0 aliphatic heterocycles. The Morgan fingerprint density at radius 1 is 1.57 bits per heavy atom. The van der Waals surface area contributed by atoms with Crippen LogP contribution in [0.3, 0.4) is 0 Å². The molecule has 0 aliphatic carbocycles. The number of benzene rings is 1. The van der Waals surface area contributed by atoms with Crippen LogP contribution in [-0.2, 0) is 0 Å². The van der Waals surface area contributed by atoms with Crippen LogP contribution in [0.15, 0.2) is 12.1 Å². The Morgan fingerprint density at radius 3 is 2.62 bits per heavy atom. The van der Waals surface area contributed by atoms with Crippen LogP contribution >= 0.6 is 11.8 Å². The number of carboxylic acid groups (broad SMARTS) is 1. The Bertz CT molecular complexity index is 551. The molecule has 1 aromatic rings. The van der Waals surface area contributed by atoms with E-state index < -0.39 is 28.0 Å². The number of nitrogens with one attached hydrogen (secondary N) is 1. The minimum absolute atomic E-state index is 0.143. The number of anilines is 1. The Kier molecular flexibility index (Phi) is 5.91. The maximum Gasteiger partial charge on any atom is 0.342 e. The average molecular weight is 318 g/mol. The second kappa shape index (κ2) is 7.23. The number of hydrogen-bond acceptors (Lipinski definition) is 6. The maximum absolute atomic E-state index is 13.9. The van der Waals surface area contributed by atoms with Crippen molar-refractivity contribution >= 4 is 29.1 Å². The summed E-state index contributed by atoms with van der Waals surface area (Å²) in [6, 6.07) is 1.11. The summed E-state index contributed by atoms with van der Waals surface area (Å²) < 4.78 is 13.9. The highest BCUT2D eigenvalue weighted by atomic mass is 32.2. The van der Waals surface area contributed by atoms with Gasteiger partial charge < -0.3 is 15.5 Å². The number of hydrogen-bond donors (Lipinski definition) is 3. The second-order valence-corrected chi connectivity index (χ2v) is 5.38. The van der Waals surface area contributed by atoms with Crippen molar-refractivity contribution in [3.8, 4) is 0 Å². The molecule has 1 rings (SSSR count). The molecular weight excluding hydrogens is 303 g/mol. The highest BCUT2D eigenvalue weighted by Gasteiger charge is 2.24. The minimum Gasteiger partial charge on any atom is -0.477 e. The molecule has 7 nitrogen and oxygen atoms in total. The molecular formula is C12H15FN2O5S. The highest BCUT2D eigenvalue weighted by molar-refractivity contribution is 7.99. The van der Waals surface area contributed by atoms with Crippen LogP contribution in [0, 0.1) is 15.9 Å². The topological polar surface area (TPSA) is 113 Å². The monoisotopic (exact) mass is 318 g/mol. The number of carbonyl (C=O) groups is 1. The molecule has 3 N–H and O–H groups in total. The molecule has 0 saturated heterocycles. The lowest BCUT2D eigenvalue weighted by Crippen LogP contribution is -2.31. The third-order valence-corrected chi connectivity index (χ3v) is 4.10. The first kappa shape index (κ1) is 17.2. The number of aromatic carboxylic acids is 1. The van der Waals surface area contributed by atoms with Gasteiger partial charge in [-0.3, -0.25) is 10.1 Å². The lowest BCUT2D eigenvalue weighted by atomic mass is 10.1. The summed E-state index contributed by atoms with van der Waals surface area (Å²) in [7, 11) is 0. The van der Waals surface area contributed by atoms with Crippen molar-refractivity contribution < 1.29 is 24.3 Å². The summed E-state index contributed by atoms with van der Waals surface area (Å²) in [6.45, 7) is 1.55. The average Bonchev–Trinajstić information content (AvgIpc) is 2.41. The van der Waals surface area contributed by atoms with Crippen molar-refractivity contribution in [2.45, 2.75) is 18.2 Å². The smallest absolute Gasteiger partial charge is 0.342 e. The standard InChI is InChI=1S/C12H15FN2O5S/c1-6(11(5-16)21-2)14-9-3-7(12(17)18)10(15(19)20)4-8(9)13/h3-4,6,11,14,16H,5H2,1-2H3,(H,17,18). The molecule has 0 heterocycles. The number of nitro groups is 1. The van der Waals surface area contributed by atoms with Crippen molar-refractivity contribution in [2.75, 3.05) is 18.2 Å². The predicted octanol–water partition coefficient (Wildman–Crippen LogP) is 1.96. The summed E-state index contributed by atoms with van der Waals surface area (Å²) in [5.41, 5.74) is -1.56. The molecule has 0 saturated carbocycles. The third kappa shape index (κ3) is 4.05. The van der Waals surface area contributed by atoms with Gasteiger partial charge >= 0.3 is 5.97 Å². The summed E-state index contributed by atoms with van der Waals surface area (Å²) in [6.07, 6.45) is 1.77. The van der Waals surface area contributed by atoms with Crippen LogP contribution in [0.25, 0.3) is 0 Å². The fraction of sp³-hybridized carbons (Fsp3) is 0.417. The SMILES string of the molecule is CSC(CO)C(C)Nc1cc(C(=O)O)c([N+](=O)[O-])cc1F. The minimum atomic E-state index is -1.51. The number of nitrogens with zero attached hydrogens (tertiary/aromatic N) is 1.